The highest BCUT2D eigenvalue weighted by molar-refractivity contribution is 6.32. The van der Waals surface area contributed by atoms with E-state index in [-0.39, 0.29) is 33.3 Å². The number of nitrogens with zero attached hydrogens (tertiary/aromatic N) is 2. The van der Waals surface area contributed by atoms with Gasteiger partial charge in [0, 0.05) is 17.8 Å². The van der Waals surface area contributed by atoms with Crippen molar-refractivity contribution < 1.29 is 14.6 Å². The zero-order chi connectivity index (χ0) is 18.2. The van der Waals surface area contributed by atoms with Crippen LogP contribution in [-0.2, 0) is 4.74 Å². The van der Waals surface area contributed by atoms with Gasteiger partial charge in [-0.15, -0.1) is 0 Å². The van der Waals surface area contributed by atoms with Gasteiger partial charge in [0.25, 0.3) is 0 Å². The number of benzene rings is 1. The number of hydrogen-bond donors (Lipinski definition) is 1. The van der Waals surface area contributed by atoms with Gasteiger partial charge in [0.05, 0.1) is 29.4 Å². The minimum absolute atomic E-state index is 0.0195. The van der Waals surface area contributed by atoms with Crippen molar-refractivity contribution in [2.45, 2.75) is 37.3 Å². The first kappa shape index (κ1) is 15.8. The molecular formula is C19H17ClN2O4. The molecule has 1 spiro atoms. The van der Waals surface area contributed by atoms with E-state index < -0.39 is 5.97 Å². The molecule has 1 aromatic carbocycles. The fraction of sp³-hybridized carbons (Fsp3) is 0.368. The number of rotatable bonds is 1. The number of carbonyl (C=O) groups excluding carboxylic acids is 1. The highest BCUT2D eigenvalue weighted by Gasteiger charge is 2.57. The Kier molecular flexibility index (Phi) is 3.05. The summed E-state index contributed by atoms with van der Waals surface area (Å²) in [5.74, 6) is -0.593. The molecule has 3 heterocycles. The van der Waals surface area contributed by atoms with Gasteiger partial charge in [-0.05, 0) is 43.4 Å². The smallest absolute Gasteiger partial charge is 0.343 e. The molecule has 3 aliphatic rings. The topological polar surface area (TPSA) is 71.8 Å². The molecule has 0 unspecified atom stereocenters. The van der Waals surface area contributed by atoms with E-state index in [9.17, 15) is 14.7 Å². The molecule has 26 heavy (non-hydrogen) atoms. The molecule has 1 atom stereocenters. The second-order valence-corrected chi connectivity index (χ2v) is 7.69. The van der Waals surface area contributed by atoms with Crippen LogP contribution in [0.5, 0.6) is 5.75 Å². The van der Waals surface area contributed by atoms with Gasteiger partial charge >= 0.3 is 5.97 Å². The Labute approximate surface area is 154 Å². The van der Waals surface area contributed by atoms with Gasteiger partial charge in [0.1, 0.15) is 11.3 Å². The SMILES string of the molecule is COC(=O)c1cn2c(cc1=O)-c1cc(Cl)c(O)cc1[C@H]1CCC3(CC3)N12. The number of hydrogen-bond acceptors (Lipinski definition) is 5. The van der Waals surface area contributed by atoms with E-state index in [1.54, 1.807) is 18.3 Å². The molecule has 6 nitrogen and oxygen atoms in total. The first-order valence-electron chi connectivity index (χ1n) is 8.63. The largest absolute Gasteiger partial charge is 0.506 e. The number of phenols is 1. The maximum absolute atomic E-state index is 12.5. The summed E-state index contributed by atoms with van der Waals surface area (Å²) in [6.45, 7) is 0. The Morgan fingerprint density at radius 3 is 2.77 bits per heavy atom. The van der Waals surface area contributed by atoms with Crippen LogP contribution < -0.4 is 10.4 Å². The number of phenolic OH excluding ortho intramolecular Hbond substituents is 1. The summed E-state index contributed by atoms with van der Waals surface area (Å²) >= 11 is 6.14. The standard InChI is InChI=1S/C19H17ClN2O4/c1-26-18(25)12-9-21-15(8-16(12)23)10-6-13(20)17(24)7-11(10)14-2-3-19(4-5-19)22(14)21/h6-9,14,24H,2-5H2,1H3/t14-/m1/s1. The Balaban J connectivity index is 1.82. The summed E-state index contributed by atoms with van der Waals surface area (Å²) in [4.78, 5) is 24.5. The predicted octanol–water partition coefficient (Wildman–Crippen LogP) is 2.98. The van der Waals surface area contributed by atoms with Gasteiger partial charge < -0.3 is 9.84 Å². The molecule has 0 amide bonds. The second-order valence-electron chi connectivity index (χ2n) is 7.29. The quantitative estimate of drug-likeness (QED) is 0.779. The van der Waals surface area contributed by atoms with Crippen LogP contribution in [0.25, 0.3) is 11.3 Å². The number of pyridine rings is 1. The van der Waals surface area contributed by atoms with E-state index in [2.05, 4.69) is 5.01 Å². The normalized spacial score (nSPS) is 21.2. The van der Waals surface area contributed by atoms with Crippen LogP contribution >= 0.6 is 11.6 Å². The number of aromatic hydroxyl groups is 1. The van der Waals surface area contributed by atoms with Gasteiger partial charge in [-0.3, -0.25) is 14.5 Å². The van der Waals surface area contributed by atoms with Crippen LogP contribution in [0.2, 0.25) is 5.02 Å². The van der Waals surface area contributed by atoms with Crippen LogP contribution in [0.1, 0.15) is 47.6 Å². The molecule has 2 aliphatic heterocycles. The van der Waals surface area contributed by atoms with E-state index in [0.29, 0.717) is 5.69 Å². The summed E-state index contributed by atoms with van der Waals surface area (Å²) < 4.78 is 6.69. The van der Waals surface area contributed by atoms with Gasteiger partial charge in [0.15, 0.2) is 5.43 Å². The number of ether oxygens (including phenoxy) is 1. The van der Waals surface area contributed by atoms with Crippen molar-refractivity contribution in [3.05, 3.63) is 50.8 Å². The van der Waals surface area contributed by atoms with Crippen molar-refractivity contribution in [3.63, 3.8) is 0 Å². The molecule has 134 valence electrons. The first-order valence-corrected chi connectivity index (χ1v) is 9.00. The van der Waals surface area contributed by atoms with E-state index in [4.69, 9.17) is 16.3 Å². The lowest BCUT2D eigenvalue weighted by molar-refractivity contribution is 0.0598. The van der Waals surface area contributed by atoms with Crippen LogP contribution in [0.3, 0.4) is 0 Å². The van der Waals surface area contributed by atoms with Gasteiger partial charge in [-0.2, -0.15) is 0 Å². The fourth-order valence-electron chi connectivity index (χ4n) is 4.50. The summed E-state index contributed by atoms with van der Waals surface area (Å²) in [5.41, 5.74) is 2.17. The van der Waals surface area contributed by atoms with E-state index in [0.717, 1.165) is 36.8 Å². The predicted molar refractivity (Wildman–Crippen MR) is 96.3 cm³/mol. The summed E-state index contributed by atoms with van der Waals surface area (Å²) in [6, 6.07) is 4.95. The fourth-order valence-corrected chi connectivity index (χ4v) is 4.67. The second kappa shape index (κ2) is 5.04. The Morgan fingerprint density at radius 1 is 1.31 bits per heavy atom. The number of halogens is 1. The Hall–Kier alpha value is -2.47. The highest BCUT2D eigenvalue weighted by Crippen LogP contribution is 2.58. The van der Waals surface area contributed by atoms with Crippen molar-refractivity contribution in [2.24, 2.45) is 0 Å². The molecule has 1 saturated carbocycles. The summed E-state index contributed by atoms with van der Waals surface area (Å²) in [5, 5.41) is 12.6. The zero-order valence-corrected chi connectivity index (χ0v) is 14.9. The van der Waals surface area contributed by atoms with Crippen molar-refractivity contribution in [3.8, 4) is 17.0 Å². The average Bonchev–Trinajstić information content (AvgIpc) is 3.30. The molecule has 0 radical (unpaired) electrons. The molecule has 1 saturated heterocycles. The van der Waals surface area contributed by atoms with Crippen molar-refractivity contribution in [2.75, 3.05) is 12.1 Å². The zero-order valence-electron chi connectivity index (χ0n) is 14.2. The molecular weight excluding hydrogens is 356 g/mol. The molecule has 2 aromatic rings. The van der Waals surface area contributed by atoms with Crippen molar-refractivity contribution in [1.82, 2.24) is 4.68 Å². The number of methoxy groups -OCH3 is 1. The molecule has 7 heteroatoms. The lowest BCUT2D eigenvalue weighted by atomic mass is 9.94. The van der Waals surface area contributed by atoms with Crippen LogP contribution in [0.15, 0.2) is 29.2 Å². The highest BCUT2D eigenvalue weighted by atomic mass is 35.5. The van der Waals surface area contributed by atoms with E-state index in [1.165, 1.54) is 13.2 Å². The molecule has 2 fully saturated rings. The van der Waals surface area contributed by atoms with Gasteiger partial charge in [-0.1, -0.05) is 11.6 Å². The lowest BCUT2D eigenvalue weighted by Gasteiger charge is -2.41. The number of aromatic nitrogens is 1. The third kappa shape index (κ3) is 1.93. The minimum Gasteiger partial charge on any atom is -0.506 e. The summed E-state index contributed by atoms with van der Waals surface area (Å²) in [7, 11) is 1.27. The van der Waals surface area contributed by atoms with Gasteiger partial charge in [0.2, 0.25) is 0 Å². The Bertz CT molecular complexity index is 1020. The lowest BCUT2D eigenvalue weighted by Crippen LogP contribution is -2.46. The maximum atomic E-state index is 12.5. The van der Waals surface area contributed by atoms with Crippen LogP contribution in [0, 0.1) is 0 Å². The Morgan fingerprint density at radius 2 is 2.08 bits per heavy atom. The number of fused-ring (bicyclic) bond motifs is 7. The molecule has 1 N–H and O–H groups in total. The molecule has 0 bridgehead atoms. The summed E-state index contributed by atoms with van der Waals surface area (Å²) in [6.07, 6.45) is 5.74. The molecule has 1 aliphatic carbocycles. The number of esters is 1. The van der Waals surface area contributed by atoms with Crippen LogP contribution in [0.4, 0.5) is 0 Å². The maximum Gasteiger partial charge on any atom is 0.343 e. The third-order valence-electron chi connectivity index (χ3n) is 5.91. The third-order valence-corrected chi connectivity index (χ3v) is 6.22. The van der Waals surface area contributed by atoms with Crippen molar-refractivity contribution in [1.29, 1.82) is 0 Å². The number of carbonyl (C=O) groups is 1. The van der Waals surface area contributed by atoms with Crippen LogP contribution in [-0.4, -0.2) is 28.4 Å². The van der Waals surface area contributed by atoms with Gasteiger partial charge in [-0.25, -0.2) is 4.79 Å². The molecule has 1 aromatic heterocycles. The monoisotopic (exact) mass is 372 g/mol. The van der Waals surface area contributed by atoms with E-state index >= 15 is 0 Å². The van der Waals surface area contributed by atoms with E-state index in [1.807, 2.05) is 4.68 Å². The molecule has 5 rings (SSSR count). The average molecular weight is 373 g/mol. The minimum atomic E-state index is -0.638. The first-order chi connectivity index (χ1) is 12.4. The van der Waals surface area contributed by atoms with Crippen molar-refractivity contribution >= 4 is 17.6 Å².